The molecule has 2 aromatic heterocycles. The van der Waals surface area contributed by atoms with Gasteiger partial charge in [-0.05, 0) is 24.9 Å². The van der Waals surface area contributed by atoms with Gasteiger partial charge in [0.1, 0.15) is 5.82 Å². The summed E-state index contributed by atoms with van der Waals surface area (Å²) in [5, 5.41) is 5.49. The minimum atomic E-state index is 0.369. The summed E-state index contributed by atoms with van der Waals surface area (Å²) in [6.07, 6.45) is 6.06. The molecule has 2 rings (SSSR count). The Morgan fingerprint density at radius 2 is 2.41 bits per heavy atom. The maximum atomic E-state index is 4.46. The predicted octanol–water partition coefficient (Wildman–Crippen LogP) is 2.86. The fraction of sp³-hybridized carbons (Fsp3) is 0.462. The van der Waals surface area contributed by atoms with Crippen molar-refractivity contribution in [2.75, 3.05) is 7.05 Å². The molecular formula is C13H19N3S. The molecule has 0 aromatic carbocycles. The van der Waals surface area contributed by atoms with Crippen LogP contribution >= 0.6 is 11.3 Å². The number of aromatic nitrogens is 2. The average Bonchev–Trinajstić information content (AvgIpc) is 2.97. The Kier molecular flexibility index (Phi) is 4.34. The van der Waals surface area contributed by atoms with Gasteiger partial charge in [-0.1, -0.05) is 13.0 Å². The van der Waals surface area contributed by atoms with Crippen molar-refractivity contribution in [2.24, 2.45) is 0 Å². The molecule has 0 bridgehead atoms. The van der Waals surface area contributed by atoms with Crippen LogP contribution in [0, 0.1) is 0 Å². The minimum absolute atomic E-state index is 0.369. The summed E-state index contributed by atoms with van der Waals surface area (Å²) in [5.41, 5.74) is 0. The third-order valence-electron chi connectivity index (χ3n) is 2.89. The van der Waals surface area contributed by atoms with Crippen molar-refractivity contribution in [1.82, 2.24) is 14.9 Å². The number of rotatable bonds is 6. The summed E-state index contributed by atoms with van der Waals surface area (Å²) in [6, 6.07) is 4.65. The lowest BCUT2D eigenvalue weighted by Crippen LogP contribution is -2.19. The van der Waals surface area contributed by atoms with Gasteiger partial charge in [0.05, 0.1) is 0 Å². The zero-order valence-electron chi connectivity index (χ0n) is 10.4. The van der Waals surface area contributed by atoms with Crippen LogP contribution in [0.2, 0.25) is 0 Å². The van der Waals surface area contributed by atoms with E-state index in [1.807, 2.05) is 13.2 Å². The quantitative estimate of drug-likeness (QED) is 0.853. The molecule has 1 atom stereocenters. The number of likely N-dealkylation sites (N-methyl/N-ethyl adjacent to an activating group) is 1. The van der Waals surface area contributed by atoms with Crippen molar-refractivity contribution in [3.8, 4) is 0 Å². The van der Waals surface area contributed by atoms with Crippen LogP contribution < -0.4 is 5.32 Å². The smallest absolute Gasteiger partial charge is 0.110 e. The second kappa shape index (κ2) is 5.98. The normalized spacial score (nSPS) is 12.8. The molecule has 17 heavy (non-hydrogen) atoms. The van der Waals surface area contributed by atoms with Gasteiger partial charge < -0.3 is 9.88 Å². The molecule has 0 aliphatic rings. The van der Waals surface area contributed by atoms with Crippen LogP contribution in [-0.4, -0.2) is 16.6 Å². The van der Waals surface area contributed by atoms with Crippen molar-refractivity contribution in [2.45, 2.75) is 32.4 Å². The highest BCUT2D eigenvalue weighted by Gasteiger charge is 2.14. The lowest BCUT2D eigenvalue weighted by atomic mass is 10.1. The standard InChI is InChI=1S/C13H19N3S/c1-3-7-16-8-6-15-13(16)10-11(14-2)12-5-4-9-17-12/h4-6,8-9,11,14H,3,7,10H2,1-2H3. The Bertz CT molecular complexity index is 433. The molecule has 1 unspecified atom stereocenters. The van der Waals surface area contributed by atoms with Crippen molar-refractivity contribution >= 4 is 11.3 Å². The molecule has 4 heteroatoms. The van der Waals surface area contributed by atoms with Gasteiger partial charge in [0.2, 0.25) is 0 Å². The molecule has 92 valence electrons. The van der Waals surface area contributed by atoms with E-state index in [2.05, 4.69) is 45.5 Å². The highest BCUT2D eigenvalue weighted by atomic mass is 32.1. The molecule has 0 spiro atoms. The molecule has 0 radical (unpaired) electrons. The van der Waals surface area contributed by atoms with E-state index in [0.29, 0.717) is 6.04 Å². The average molecular weight is 249 g/mol. The predicted molar refractivity (Wildman–Crippen MR) is 72.3 cm³/mol. The van der Waals surface area contributed by atoms with Gasteiger partial charge >= 0.3 is 0 Å². The number of hydrogen-bond acceptors (Lipinski definition) is 3. The highest BCUT2D eigenvalue weighted by Crippen LogP contribution is 2.22. The Morgan fingerprint density at radius 3 is 3.06 bits per heavy atom. The Labute approximate surface area is 107 Å². The van der Waals surface area contributed by atoms with Crippen molar-refractivity contribution < 1.29 is 0 Å². The third-order valence-corrected chi connectivity index (χ3v) is 3.87. The number of nitrogens with zero attached hydrogens (tertiary/aromatic N) is 2. The maximum absolute atomic E-state index is 4.46. The molecule has 0 aliphatic heterocycles. The number of aryl methyl sites for hydroxylation is 1. The first-order valence-electron chi connectivity index (χ1n) is 6.05. The molecule has 1 N–H and O–H groups in total. The van der Waals surface area contributed by atoms with E-state index in [-0.39, 0.29) is 0 Å². The summed E-state index contributed by atoms with van der Waals surface area (Å²) in [7, 11) is 2.01. The molecule has 0 amide bonds. The molecular weight excluding hydrogens is 230 g/mol. The minimum Gasteiger partial charge on any atom is -0.335 e. The molecule has 0 fully saturated rings. The second-order valence-corrected chi connectivity index (χ2v) is 5.08. The van der Waals surface area contributed by atoms with Gasteiger partial charge in [-0.2, -0.15) is 0 Å². The first kappa shape index (κ1) is 12.3. The summed E-state index contributed by atoms with van der Waals surface area (Å²) >= 11 is 1.80. The van der Waals surface area contributed by atoms with Gasteiger partial charge in [0, 0.05) is 36.3 Å². The molecule has 0 saturated heterocycles. The summed E-state index contributed by atoms with van der Waals surface area (Å²) in [5.74, 6) is 1.17. The lowest BCUT2D eigenvalue weighted by molar-refractivity contribution is 0.549. The molecule has 3 nitrogen and oxygen atoms in total. The van der Waals surface area contributed by atoms with Crippen LogP contribution in [0.5, 0.6) is 0 Å². The Hall–Kier alpha value is -1.13. The van der Waals surface area contributed by atoms with Crippen LogP contribution in [0.15, 0.2) is 29.9 Å². The zero-order chi connectivity index (χ0) is 12.1. The number of thiophene rings is 1. The number of imidazole rings is 1. The van der Waals surface area contributed by atoms with Gasteiger partial charge in [-0.25, -0.2) is 4.98 Å². The van der Waals surface area contributed by atoms with Crippen molar-refractivity contribution in [3.63, 3.8) is 0 Å². The Balaban J connectivity index is 2.10. The lowest BCUT2D eigenvalue weighted by Gasteiger charge is -2.15. The number of nitrogens with one attached hydrogen (secondary N) is 1. The first-order chi connectivity index (χ1) is 8.35. The van der Waals surface area contributed by atoms with Crippen molar-refractivity contribution in [3.05, 3.63) is 40.6 Å². The van der Waals surface area contributed by atoms with Gasteiger partial charge in [0.25, 0.3) is 0 Å². The van der Waals surface area contributed by atoms with E-state index in [4.69, 9.17) is 0 Å². The van der Waals surface area contributed by atoms with E-state index in [0.717, 1.165) is 19.4 Å². The van der Waals surface area contributed by atoms with Crippen LogP contribution in [-0.2, 0) is 13.0 Å². The summed E-state index contributed by atoms with van der Waals surface area (Å²) < 4.78 is 2.25. The van der Waals surface area contributed by atoms with Crippen molar-refractivity contribution in [1.29, 1.82) is 0 Å². The third kappa shape index (κ3) is 2.96. The largest absolute Gasteiger partial charge is 0.335 e. The summed E-state index contributed by atoms with van der Waals surface area (Å²) in [4.78, 5) is 5.83. The zero-order valence-corrected chi connectivity index (χ0v) is 11.2. The highest BCUT2D eigenvalue weighted by molar-refractivity contribution is 7.10. The molecule has 0 aliphatic carbocycles. The summed E-state index contributed by atoms with van der Waals surface area (Å²) in [6.45, 7) is 3.24. The van der Waals surface area contributed by atoms with Gasteiger partial charge in [-0.3, -0.25) is 0 Å². The second-order valence-electron chi connectivity index (χ2n) is 4.10. The number of hydrogen-bond donors (Lipinski definition) is 1. The van der Waals surface area contributed by atoms with Crippen LogP contribution in [0.25, 0.3) is 0 Å². The van der Waals surface area contributed by atoms with E-state index < -0.39 is 0 Å². The first-order valence-corrected chi connectivity index (χ1v) is 6.93. The van der Waals surface area contributed by atoms with Gasteiger partial charge in [-0.15, -0.1) is 11.3 Å². The van der Waals surface area contributed by atoms with E-state index in [9.17, 15) is 0 Å². The van der Waals surface area contributed by atoms with Crippen LogP contribution in [0.3, 0.4) is 0 Å². The fourth-order valence-corrected chi connectivity index (χ4v) is 2.83. The van der Waals surface area contributed by atoms with E-state index >= 15 is 0 Å². The molecule has 2 aromatic rings. The van der Waals surface area contributed by atoms with E-state index in [1.165, 1.54) is 10.7 Å². The van der Waals surface area contributed by atoms with Crippen LogP contribution in [0.4, 0.5) is 0 Å². The van der Waals surface area contributed by atoms with Gasteiger partial charge in [0.15, 0.2) is 0 Å². The topological polar surface area (TPSA) is 29.9 Å². The van der Waals surface area contributed by atoms with E-state index in [1.54, 1.807) is 11.3 Å². The SMILES string of the molecule is CCCn1ccnc1CC(NC)c1cccs1. The monoisotopic (exact) mass is 249 g/mol. The molecule has 0 saturated carbocycles. The molecule has 2 heterocycles. The fourth-order valence-electron chi connectivity index (χ4n) is 1.99. The van der Waals surface area contributed by atoms with Crippen LogP contribution in [0.1, 0.15) is 30.1 Å². The maximum Gasteiger partial charge on any atom is 0.110 e. The Morgan fingerprint density at radius 1 is 1.53 bits per heavy atom.